The monoisotopic (exact) mass is 279 g/mol. The molecule has 6 unspecified atom stereocenters. The highest BCUT2D eigenvalue weighted by molar-refractivity contribution is 4.98. The van der Waals surface area contributed by atoms with E-state index in [1.807, 2.05) is 0 Å². The number of nitrogens with zero attached hydrogens (tertiary/aromatic N) is 2. The third-order valence-corrected chi connectivity index (χ3v) is 6.09. The molecule has 0 aromatic carbocycles. The lowest BCUT2D eigenvalue weighted by molar-refractivity contribution is -0.0394. The van der Waals surface area contributed by atoms with Crippen molar-refractivity contribution < 1.29 is 0 Å². The molecule has 3 nitrogen and oxygen atoms in total. The molecule has 0 radical (unpaired) electrons. The number of rotatable bonds is 1. The summed E-state index contributed by atoms with van der Waals surface area (Å²) < 4.78 is 0. The van der Waals surface area contributed by atoms with Gasteiger partial charge in [0.25, 0.3) is 0 Å². The van der Waals surface area contributed by atoms with Gasteiger partial charge in [-0.3, -0.25) is 9.80 Å². The average molecular weight is 279 g/mol. The molecule has 116 valence electrons. The van der Waals surface area contributed by atoms with Gasteiger partial charge in [0.05, 0.1) is 0 Å². The lowest BCUT2D eigenvalue weighted by Crippen LogP contribution is -2.66. The van der Waals surface area contributed by atoms with Crippen molar-refractivity contribution in [1.29, 1.82) is 0 Å². The fourth-order valence-electron chi connectivity index (χ4n) is 5.26. The lowest BCUT2D eigenvalue weighted by Gasteiger charge is -2.54. The van der Waals surface area contributed by atoms with Gasteiger partial charge in [-0.1, -0.05) is 20.3 Å². The smallest absolute Gasteiger partial charge is 0.0276 e. The second-order valence-corrected chi connectivity index (χ2v) is 7.90. The van der Waals surface area contributed by atoms with E-state index in [0.717, 1.165) is 17.9 Å². The third-order valence-electron chi connectivity index (χ3n) is 6.09. The molecule has 3 fully saturated rings. The molecule has 3 rings (SSSR count). The minimum atomic E-state index is 0.381. The Morgan fingerprint density at radius 2 is 1.80 bits per heavy atom. The Kier molecular flexibility index (Phi) is 4.40. The van der Waals surface area contributed by atoms with Crippen LogP contribution in [-0.4, -0.2) is 53.6 Å². The first-order valence-corrected chi connectivity index (χ1v) is 8.81. The molecule has 20 heavy (non-hydrogen) atoms. The van der Waals surface area contributed by atoms with Crippen molar-refractivity contribution >= 4 is 0 Å². The highest BCUT2D eigenvalue weighted by atomic mass is 15.3. The molecule has 3 heteroatoms. The van der Waals surface area contributed by atoms with E-state index >= 15 is 0 Å². The minimum Gasteiger partial charge on any atom is -0.326 e. The number of piperazine rings is 1. The van der Waals surface area contributed by atoms with Crippen LogP contribution in [0, 0.1) is 11.8 Å². The summed E-state index contributed by atoms with van der Waals surface area (Å²) in [4.78, 5) is 5.53. The van der Waals surface area contributed by atoms with Gasteiger partial charge in [-0.15, -0.1) is 0 Å². The predicted octanol–water partition coefficient (Wildman–Crippen LogP) is 2.31. The van der Waals surface area contributed by atoms with Crippen LogP contribution in [0.4, 0.5) is 0 Å². The maximum Gasteiger partial charge on any atom is 0.0276 e. The summed E-state index contributed by atoms with van der Waals surface area (Å²) in [6.45, 7) is 11.1. The fourth-order valence-corrected chi connectivity index (χ4v) is 5.26. The van der Waals surface area contributed by atoms with Crippen LogP contribution in [0.5, 0.6) is 0 Å². The molecule has 2 heterocycles. The Labute approximate surface area is 124 Å². The molecule has 2 aliphatic heterocycles. The zero-order valence-electron chi connectivity index (χ0n) is 13.6. The van der Waals surface area contributed by atoms with E-state index in [4.69, 9.17) is 5.73 Å². The Hall–Kier alpha value is -0.120. The molecule has 0 amide bonds. The van der Waals surface area contributed by atoms with Gasteiger partial charge in [-0.25, -0.2) is 0 Å². The van der Waals surface area contributed by atoms with Crippen LogP contribution in [0.15, 0.2) is 0 Å². The van der Waals surface area contributed by atoms with E-state index in [9.17, 15) is 0 Å². The SMILES string of the molecule is CC1CC(C)C(N2CC3CCCCN3CC2C)C(N)C1. The molecular formula is C17H33N3. The van der Waals surface area contributed by atoms with E-state index < -0.39 is 0 Å². The first kappa shape index (κ1) is 14.8. The van der Waals surface area contributed by atoms with E-state index in [1.165, 1.54) is 51.7 Å². The normalized spacial score (nSPS) is 48.0. The first-order valence-electron chi connectivity index (χ1n) is 8.81. The molecule has 1 aliphatic carbocycles. The average Bonchev–Trinajstić information content (AvgIpc) is 2.38. The number of piperidine rings is 1. The second-order valence-electron chi connectivity index (χ2n) is 7.90. The van der Waals surface area contributed by atoms with Crippen molar-refractivity contribution in [1.82, 2.24) is 9.80 Å². The molecule has 0 spiro atoms. The fraction of sp³-hybridized carbons (Fsp3) is 1.00. The summed E-state index contributed by atoms with van der Waals surface area (Å²) in [6.07, 6.45) is 6.80. The molecule has 0 aromatic rings. The van der Waals surface area contributed by atoms with Gasteiger partial charge in [-0.05, 0) is 51.0 Å². The van der Waals surface area contributed by atoms with Gasteiger partial charge in [0.15, 0.2) is 0 Å². The van der Waals surface area contributed by atoms with Crippen LogP contribution < -0.4 is 5.73 Å². The number of nitrogens with two attached hydrogens (primary N) is 1. The first-order chi connectivity index (χ1) is 9.56. The lowest BCUT2D eigenvalue weighted by atomic mass is 9.75. The zero-order valence-corrected chi connectivity index (χ0v) is 13.6. The van der Waals surface area contributed by atoms with Crippen molar-refractivity contribution in [2.75, 3.05) is 19.6 Å². The molecule has 2 N–H and O–H groups in total. The van der Waals surface area contributed by atoms with Crippen LogP contribution in [-0.2, 0) is 0 Å². The summed E-state index contributed by atoms with van der Waals surface area (Å²) in [7, 11) is 0. The molecule has 2 saturated heterocycles. The van der Waals surface area contributed by atoms with Crippen molar-refractivity contribution in [3.63, 3.8) is 0 Å². The highest BCUT2D eigenvalue weighted by Gasteiger charge is 2.42. The van der Waals surface area contributed by atoms with Crippen LogP contribution in [0.3, 0.4) is 0 Å². The van der Waals surface area contributed by atoms with Gasteiger partial charge in [0.2, 0.25) is 0 Å². The Morgan fingerprint density at radius 3 is 2.55 bits per heavy atom. The molecule has 0 aromatic heterocycles. The van der Waals surface area contributed by atoms with Gasteiger partial charge >= 0.3 is 0 Å². The van der Waals surface area contributed by atoms with Gasteiger partial charge in [0, 0.05) is 37.3 Å². The largest absolute Gasteiger partial charge is 0.326 e. The predicted molar refractivity (Wildman–Crippen MR) is 84.7 cm³/mol. The van der Waals surface area contributed by atoms with Crippen molar-refractivity contribution in [3.8, 4) is 0 Å². The summed E-state index contributed by atoms with van der Waals surface area (Å²) in [5, 5.41) is 0. The van der Waals surface area contributed by atoms with Crippen LogP contribution in [0.25, 0.3) is 0 Å². The van der Waals surface area contributed by atoms with Gasteiger partial charge in [-0.2, -0.15) is 0 Å². The van der Waals surface area contributed by atoms with Crippen molar-refractivity contribution in [2.24, 2.45) is 17.6 Å². The topological polar surface area (TPSA) is 32.5 Å². The molecule has 1 saturated carbocycles. The van der Waals surface area contributed by atoms with Gasteiger partial charge < -0.3 is 5.73 Å². The highest BCUT2D eigenvalue weighted by Crippen LogP contribution is 2.35. The van der Waals surface area contributed by atoms with E-state index in [2.05, 4.69) is 30.6 Å². The molecule has 0 bridgehead atoms. The quantitative estimate of drug-likeness (QED) is 0.799. The summed E-state index contributed by atoms with van der Waals surface area (Å²) in [6, 6.07) is 2.48. The van der Waals surface area contributed by atoms with E-state index in [0.29, 0.717) is 18.1 Å². The zero-order chi connectivity index (χ0) is 14.3. The van der Waals surface area contributed by atoms with Crippen LogP contribution in [0.2, 0.25) is 0 Å². The van der Waals surface area contributed by atoms with Crippen molar-refractivity contribution in [3.05, 3.63) is 0 Å². The minimum absolute atomic E-state index is 0.381. The maximum absolute atomic E-state index is 6.57. The summed E-state index contributed by atoms with van der Waals surface area (Å²) >= 11 is 0. The van der Waals surface area contributed by atoms with Crippen LogP contribution >= 0.6 is 0 Å². The van der Waals surface area contributed by atoms with Gasteiger partial charge in [0.1, 0.15) is 0 Å². The molecular weight excluding hydrogens is 246 g/mol. The van der Waals surface area contributed by atoms with E-state index in [-0.39, 0.29) is 0 Å². The number of fused-ring (bicyclic) bond motifs is 1. The Bertz CT molecular complexity index is 320. The number of hydrogen-bond acceptors (Lipinski definition) is 3. The Morgan fingerprint density at radius 1 is 1.00 bits per heavy atom. The standard InChI is InChI=1S/C17H33N3/c1-12-8-13(2)17(16(18)9-12)20-11-15-6-4-5-7-19(15)10-14(20)3/h12-17H,4-11,18H2,1-3H3. The summed E-state index contributed by atoms with van der Waals surface area (Å²) in [5.41, 5.74) is 6.57. The van der Waals surface area contributed by atoms with Crippen molar-refractivity contribution in [2.45, 2.75) is 77.0 Å². The van der Waals surface area contributed by atoms with E-state index in [1.54, 1.807) is 0 Å². The number of hydrogen-bond donors (Lipinski definition) is 1. The second kappa shape index (κ2) is 5.94. The maximum atomic E-state index is 6.57. The molecule has 3 aliphatic rings. The Balaban J connectivity index is 1.72. The van der Waals surface area contributed by atoms with Crippen LogP contribution in [0.1, 0.15) is 52.9 Å². The third kappa shape index (κ3) is 2.77. The summed E-state index contributed by atoms with van der Waals surface area (Å²) in [5.74, 6) is 1.56. The molecule has 6 atom stereocenters.